The van der Waals surface area contributed by atoms with Crippen LogP contribution in [0, 0.1) is 24.0 Å². The maximum atomic E-state index is 13.7. The van der Waals surface area contributed by atoms with Gasteiger partial charge in [0.1, 0.15) is 16.4 Å². The minimum atomic E-state index is -0.533. The smallest absolute Gasteiger partial charge is 0.283 e. The quantitative estimate of drug-likeness (QED) is 0.128. The molecule has 0 radical (unpaired) electrons. The highest BCUT2D eigenvalue weighted by Crippen LogP contribution is 2.38. The van der Waals surface area contributed by atoms with Crippen molar-refractivity contribution in [3.05, 3.63) is 128 Å². The van der Waals surface area contributed by atoms with Crippen LogP contribution in [0.25, 0.3) is 0 Å². The molecular formula is C32H26N4O6S. The number of nitro benzene ring substituents is 1. The monoisotopic (exact) mass is 594 g/mol. The van der Waals surface area contributed by atoms with Crippen LogP contribution in [0.2, 0.25) is 0 Å². The zero-order valence-electron chi connectivity index (χ0n) is 23.4. The first kappa shape index (κ1) is 29.1. The molecule has 2 N–H and O–H groups in total. The number of hydrogen-bond donors (Lipinski definition) is 2. The SMILES string of the molecule is COc1ccc(N2C(=O)C(Nc3ccc(C)c(C)c3)=C(Sc3ccc(NC(=O)c4ccc([N+](=O)[O-])cc4)cc3)C2=O)cc1. The average molecular weight is 595 g/mol. The lowest BCUT2D eigenvalue weighted by Gasteiger charge is -2.16. The Labute approximate surface area is 251 Å². The average Bonchev–Trinajstić information content (AvgIpc) is 3.23. The van der Waals surface area contributed by atoms with Gasteiger partial charge in [-0.05, 0) is 97.8 Å². The molecule has 1 heterocycles. The van der Waals surface area contributed by atoms with E-state index in [2.05, 4.69) is 10.6 Å². The van der Waals surface area contributed by atoms with Crippen LogP contribution in [-0.2, 0) is 9.59 Å². The Morgan fingerprint density at radius 2 is 1.49 bits per heavy atom. The molecule has 11 heteroatoms. The molecule has 216 valence electrons. The summed E-state index contributed by atoms with van der Waals surface area (Å²) in [6.07, 6.45) is 0. The minimum absolute atomic E-state index is 0.107. The maximum absolute atomic E-state index is 13.7. The van der Waals surface area contributed by atoms with Crippen molar-refractivity contribution in [2.75, 3.05) is 22.6 Å². The summed E-state index contributed by atoms with van der Waals surface area (Å²) >= 11 is 1.14. The van der Waals surface area contributed by atoms with Crippen molar-refractivity contribution >= 4 is 52.2 Å². The number of carbonyl (C=O) groups is 3. The highest BCUT2D eigenvalue weighted by molar-refractivity contribution is 8.04. The molecule has 1 aliphatic rings. The summed E-state index contributed by atoms with van der Waals surface area (Å²) in [6, 6.07) is 24.5. The lowest BCUT2D eigenvalue weighted by atomic mass is 10.1. The number of nitro groups is 1. The van der Waals surface area contributed by atoms with Gasteiger partial charge in [-0.3, -0.25) is 24.5 Å². The van der Waals surface area contributed by atoms with Crippen LogP contribution in [0.15, 0.2) is 106 Å². The van der Waals surface area contributed by atoms with Crippen molar-refractivity contribution in [1.82, 2.24) is 0 Å². The largest absolute Gasteiger partial charge is 0.497 e. The number of methoxy groups -OCH3 is 1. The number of nitrogens with zero attached hydrogens (tertiary/aromatic N) is 2. The number of aryl methyl sites for hydroxylation is 2. The molecule has 43 heavy (non-hydrogen) atoms. The van der Waals surface area contributed by atoms with Crippen LogP contribution >= 0.6 is 11.8 Å². The molecule has 5 rings (SSSR count). The normalized spacial score (nSPS) is 12.9. The van der Waals surface area contributed by atoms with Crippen LogP contribution in [0.1, 0.15) is 21.5 Å². The number of nitrogens with one attached hydrogen (secondary N) is 2. The van der Waals surface area contributed by atoms with Gasteiger partial charge in [-0.1, -0.05) is 17.8 Å². The lowest BCUT2D eigenvalue weighted by molar-refractivity contribution is -0.384. The Morgan fingerprint density at radius 3 is 2.09 bits per heavy atom. The zero-order chi connectivity index (χ0) is 30.7. The summed E-state index contributed by atoms with van der Waals surface area (Å²) in [6.45, 7) is 3.96. The van der Waals surface area contributed by atoms with Crippen LogP contribution in [0.5, 0.6) is 5.75 Å². The van der Waals surface area contributed by atoms with E-state index in [9.17, 15) is 24.5 Å². The summed E-state index contributed by atoms with van der Waals surface area (Å²) in [7, 11) is 1.54. The van der Waals surface area contributed by atoms with Crippen molar-refractivity contribution in [2.45, 2.75) is 18.7 Å². The molecule has 4 aromatic carbocycles. The molecule has 0 bridgehead atoms. The highest BCUT2D eigenvalue weighted by atomic mass is 32.2. The van der Waals surface area contributed by atoms with Crippen molar-refractivity contribution in [3.63, 3.8) is 0 Å². The van der Waals surface area contributed by atoms with Gasteiger partial charge < -0.3 is 15.4 Å². The third-order valence-corrected chi connectivity index (χ3v) is 7.91. The molecule has 0 unspecified atom stereocenters. The first-order valence-electron chi connectivity index (χ1n) is 13.1. The molecule has 0 aliphatic carbocycles. The number of anilines is 3. The summed E-state index contributed by atoms with van der Waals surface area (Å²) < 4.78 is 5.21. The van der Waals surface area contributed by atoms with E-state index in [1.54, 1.807) is 48.5 Å². The molecule has 0 saturated carbocycles. The van der Waals surface area contributed by atoms with E-state index in [4.69, 9.17) is 4.74 Å². The summed E-state index contributed by atoms with van der Waals surface area (Å²) in [5.74, 6) is -0.783. The zero-order valence-corrected chi connectivity index (χ0v) is 24.2. The van der Waals surface area contributed by atoms with Gasteiger partial charge in [0.05, 0.1) is 17.7 Å². The molecule has 0 saturated heterocycles. The number of rotatable bonds is 9. The Kier molecular flexibility index (Phi) is 8.26. The van der Waals surface area contributed by atoms with E-state index in [0.717, 1.165) is 27.8 Å². The number of non-ortho nitro benzene ring substituents is 1. The Morgan fingerprint density at radius 1 is 0.837 bits per heavy atom. The van der Waals surface area contributed by atoms with Crippen molar-refractivity contribution in [1.29, 1.82) is 0 Å². The van der Waals surface area contributed by atoms with E-state index in [-0.39, 0.29) is 21.9 Å². The number of carbonyl (C=O) groups excluding carboxylic acids is 3. The summed E-state index contributed by atoms with van der Waals surface area (Å²) in [5.41, 5.74) is 4.04. The third kappa shape index (κ3) is 6.26. The van der Waals surface area contributed by atoms with Gasteiger partial charge in [0, 0.05) is 34.0 Å². The molecular weight excluding hydrogens is 568 g/mol. The van der Waals surface area contributed by atoms with Gasteiger partial charge >= 0.3 is 0 Å². The van der Waals surface area contributed by atoms with E-state index in [1.165, 1.54) is 31.4 Å². The molecule has 0 fully saturated rings. The van der Waals surface area contributed by atoms with Crippen LogP contribution < -0.4 is 20.3 Å². The first-order chi connectivity index (χ1) is 20.6. The third-order valence-electron chi connectivity index (χ3n) is 6.82. The number of imide groups is 1. The molecule has 3 amide bonds. The molecule has 0 spiro atoms. The second-order valence-electron chi connectivity index (χ2n) is 9.66. The predicted molar refractivity (Wildman–Crippen MR) is 165 cm³/mol. The molecule has 1 aliphatic heterocycles. The fourth-order valence-corrected chi connectivity index (χ4v) is 5.23. The Balaban J connectivity index is 1.39. The summed E-state index contributed by atoms with van der Waals surface area (Å²) in [4.78, 5) is 52.3. The minimum Gasteiger partial charge on any atom is -0.497 e. The number of ether oxygens (including phenoxy) is 1. The Bertz CT molecular complexity index is 1770. The predicted octanol–water partition coefficient (Wildman–Crippen LogP) is 6.46. The molecule has 4 aromatic rings. The van der Waals surface area contributed by atoms with E-state index >= 15 is 0 Å². The van der Waals surface area contributed by atoms with Crippen molar-refractivity contribution < 1.29 is 24.0 Å². The molecule has 10 nitrogen and oxygen atoms in total. The standard InChI is InChI=1S/C32H26N4O6S/c1-19-4-7-23(18-20(19)2)33-28-29(32(39)35(31(28)38)24-12-14-26(42-3)15-13-24)43-27-16-8-22(9-17-27)34-30(37)21-5-10-25(11-6-21)36(40)41/h4-18,33H,1-3H3,(H,34,37). The number of hydrogen-bond acceptors (Lipinski definition) is 8. The fraction of sp³-hybridized carbons (Fsp3) is 0.0938. The highest BCUT2D eigenvalue weighted by Gasteiger charge is 2.40. The molecule has 0 atom stereocenters. The fourth-order valence-electron chi connectivity index (χ4n) is 4.31. The van der Waals surface area contributed by atoms with Gasteiger partial charge in [-0.25, -0.2) is 4.90 Å². The number of thioether (sulfide) groups is 1. The molecule has 0 aromatic heterocycles. The first-order valence-corrected chi connectivity index (χ1v) is 13.9. The van der Waals surface area contributed by atoms with Crippen molar-refractivity contribution in [2.24, 2.45) is 0 Å². The van der Waals surface area contributed by atoms with Crippen LogP contribution in [0.4, 0.5) is 22.7 Å². The Hall–Kier alpha value is -5.42. The van der Waals surface area contributed by atoms with Crippen molar-refractivity contribution in [3.8, 4) is 5.75 Å². The van der Waals surface area contributed by atoms with Gasteiger partial charge in [0.15, 0.2) is 0 Å². The van der Waals surface area contributed by atoms with E-state index in [1.807, 2.05) is 32.0 Å². The lowest BCUT2D eigenvalue weighted by Crippen LogP contribution is -2.32. The second-order valence-corrected chi connectivity index (χ2v) is 10.7. The summed E-state index contributed by atoms with van der Waals surface area (Å²) in [5, 5.41) is 16.8. The second kappa shape index (κ2) is 12.2. The van der Waals surface area contributed by atoms with Gasteiger partial charge in [0.2, 0.25) is 0 Å². The van der Waals surface area contributed by atoms with E-state index in [0.29, 0.717) is 27.7 Å². The number of benzene rings is 4. The van der Waals surface area contributed by atoms with Crippen LogP contribution in [0.3, 0.4) is 0 Å². The van der Waals surface area contributed by atoms with Gasteiger partial charge in [-0.15, -0.1) is 0 Å². The van der Waals surface area contributed by atoms with E-state index < -0.39 is 22.6 Å². The van der Waals surface area contributed by atoms with Gasteiger partial charge in [0.25, 0.3) is 23.4 Å². The number of amides is 3. The topological polar surface area (TPSA) is 131 Å². The maximum Gasteiger partial charge on any atom is 0.283 e. The van der Waals surface area contributed by atoms with Crippen LogP contribution in [-0.4, -0.2) is 29.8 Å². The van der Waals surface area contributed by atoms with Gasteiger partial charge in [-0.2, -0.15) is 0 Å².